The Bertz CT molecular complexity index is 1300. The third-order valence-electron chi connectivity index (χ3n) is 6.33. The smallest absolute Gasteiger partial charge is 0.291 e. The Labute approximate surface area is 202 Å². The largest absolute Gasteiger partial charge is 0.505 e. The van der Waals surface area contributed by atoms with Crippen molar-refractivity contribution in [3.8, 4) is 5.75 Å². The molecule has 0 saturated heterocycles. The summed E-state index contributed by atoms with van der Waals surface area (Å²) in [6.07, 6.45) is 6.18. The summed E-state index contributed by atoms with van der Waals surface area (Å²) in [7, 11) is 3.17. The van der Waals surface area contributed by atoms with Crippen LogP contribution in [0.3, 0.4) is 0 Å². The molecule has 0 bridgehead atoms. The summed E-state index contributed by atoms with van der Waals surface area (Å²) in [5.74, 6) is -0.102. The maximum atomic E-state index is 13.7. The summed E-state index contributed by atoms with van der Waals surface area (Å²) in [5, 5.41) is 19.6. The molecule has 186 valence electrons. The minimum Gasteiger partial charge on any atom is -0.505 e. The number of carbonyl (C=O) groups is 1. The zero-order valence-corrected chi connectivity index (χ0v) is 20.1. The highest BCUT2D eigenvalue weighted by Gasteiger charge is 2.25. The van der Waals surface area contributed by atoms with Crippen LogP contribution in [0.25, 0.3) is 0 Å². The van der Waals surface area contributed by atoms with Crippen molar-refractivity contribution in [2.24, 2.45) is 0 Å². The minimum atomic E-state index is -0.476. The number of nitrogens with zero attached hydrogens (tertiary/aromatic N) is 2. The summed E-state index contributed by atoms with van der Waals surface area (Å²) in [6.45, 7) is 1.81. The molecule has 1 aliphatic carbocycles. The molecule has 1 unspecified atom stereocenters. The predicted molar refractivity (Wildman–Crippen MR) is 134 cm³/mol. The number of hydrogen-bond donors (Lipinski definition) is 4. The fraction of sp³-hybridized carbons (Fsp3) is 0.400. The van der Waals surface area contributed by atoms with Crippen LogP contribution in [-0.2, 0) is 0 Å². The van der Waals surface area contributed by atoms with Crippen LogP contribution >= 0.6 is 0 Å². The first-order valence-electron chi connectivity index (χ1n) is 11.8. The van der Waals surface area contributed by atoms with E-state index in [0.29, 0.717) is 5.76 Å². The number of nitrogens with one attached hydrogen (secondary N) is 3. The van der Waals surface area contributed by atoms with Gasteiger partial charge in [0.1, 0.15) is 17.1 Å². The zero-order valence-electron chi connectivity index (χ0n) is 20.1. The van der Waals surface area contributed by atoms with E-state index < -0.39 is 17.2 Å². The average Bonchev–Trinajstić information content (AvgIpc) is 3.39. The van der Waals surface area contributed by atoms with Gasteiger partial charge >= 0.3 is 0 Å². The van der Waals surface area contributed by atoms with Crippen LogP contribution in [0, 0.1) is 0 Å². The van der Waals surface area contributed by atoms with Crippen molar-refractivity contribution in [3.05, 3.63) is 68.6 Å². The molecule has 3 aromatic rings. The van der Waals surface area contributed by atoms with Crippen molar-refractivity contribution in [1.82, 2.24) is 14.7 Å². The van der Waals surface area contributed by atoms with Gasteiger partial charge in [0.25, 0.3) is 17.0 Å². The van der Waals surface area contributed by atoms with Gasteiger partial charge in [-0.25, -0.2) is 4.68 Å². The molecular weight excluding hydrogens is 450 g/mol. The van der Waals surface area contributed by atoms with E-state index >= 15 is 0 Å². The summed E-state index contributed by atoms with van der Waals surface area (Å²) in [5.41, 5.74) is -0.664. The molecule has 1 saturated carbocycles. The maximum Gasteiger partial charge on any atom is 0.291 e. The second kappa shape index (κ2) is 10.1. The Morgan fingerprint density at radius 3 is 2.54 bits per heavy atom. The summed E-state index contributed by atoms with van der Waals surface area (Å²) >= 11 is 0. The third-order valence-corrected chi connectivity index (χ3v) is 6.33. The number of phenolic OH excluding ortho intramolecular Hbond substituents is 1. The highest BCUT2D eigenvalue weighted by Crippen LogP contribution is 2.33. The highest BCUT2D eigenvalue weighted by atomic mass is 16.3. The third kappa shape index (κ3) is 4.96. The van der Waals surface area contributed by atoms with Crippen LogP contribution in [0.5, 0.6) is 5.75 Å². The van der Waals surface area contributed by atoms with E-state index in [9.17, 15) is 19.5 Å². The van der Waals surface area contributed by atoms with E-state index in [1.54, 1.807) is 38.4 Å². The lowest BCUT2D eigenvalue weighted by atomic mass is 9.95. The van der Waals surface area contributed by atoms with Crippen molar-refractivity contribution in [2.45, 2.75) is 51.1 Å². The molecule has 1 aromatic carbocycles. The lowest BCUT2D eigenvalue weighted by Crippen LogP contribution is -2.37. The second-order valence-corrected chi connectivity index (χ2v) is 9.07. The predicted octanol–water partition coefficient (Wildman–Crippen LogP) is 3.96. The first-order chi connectivity index (χ1) is 16.8. The number of benzene rings is 1. The van der Waals surface area contributed by atoms with Gasteiger partial charge in [0.05, 0.1) is 29.6 Å². The van der Waals surface area contributed by atoms with E-state index in [1.807, 2.05) is 6.92 Å². The van der Waals surface area contributed by atoms with Gasteiger partial charge < -0.3 is 25.1 Å². The number of H-pyrrole nitrogens is 1. The average molecular weight is 482 g/mol. The van der Waals surface area contributed by atoms with Crippen molar-refractivity contribution >= 4 is 23.0 Å². The van der Waals surface area contributed by atoms with Crippen molar-refractivity contribution < 1.29 is 14.3 Å². The van der Waals surface area contributed by atoms with Crippen molar-refractivity contribution in [2.75, 3.05) is 24.7 Å². The molecule has 10 heteroatoms. The van der Waals surface area contributed by atoms with E-state index in [0.717, 1.165) is 32.1 Å². The molecule has 1 fully saturated rings. The Hall–Kier alpha value is -3.95. The first-order valence-corrected chi connectivity index (χ1v) is 11.8. The molecule has 10 nitrogen and oxygen atoms in total. The van der Waals surface area contributed by atoms with Gasteiger partial charge in [-0.1, -0.05) is 25.3 Å². The van der Waals surface area contributed by atoms with Crippen LogP contribution in [0.1, 0.15) is 67.2 Å². The molecule has 1 aliphatic rings. The van der Waals surface area contributed by atoms with Gasteiger partial charge in [-0.05, 0) is 44.0 Å². The van der Waals surface area contributed by atoms with Crippen LogP contribution in [0.4, 0.5) is 17.1 Å². The van der Waals surface area contributed by atoms with Gasteiger partial charge in [-0.15, -0.1) is 0 Å². The van der Waals surface area contributed by atoms with Crippen molar-refractivity contribution in [1.29, 1.82) is 0 Å². The molecule has 2 aromatic heterocycles. The number of furan rings is 1. The number of rotatable bonds is 7. The molecule has 4 rings (SSSR count). The molecule has 1 atom stereocenters. The number of aromatic nitrogens is 2. The van der Waals surface area contributed by atoms with Gasteiger partial charge in [0, 0.05) is 14.1 Å². The molecule has 2 heterocycles. The maximum absolute atomic E-state index is 13.7. The minimum absolute atomic E-state index is 0.0116. The summed E-state index contributed by atoms with van der Waals surface area (Å²) in [6, 6.07) is 7.63. The molecule has 0 radical (unpaired) electrons. The van der Waals surface area contributed by atoms with Crippen LogP contribution in [0.15, 0.2) is 50.6 Å². The number of hydrogen-bond acceptors (Lipinski definition) is 7. The monoisotopic (exact) mass is 481 g/mol. The number of para-hydroxylation sites is 1. The molecule has 0 spiro atoms. The van der Waals surface area contributed by atoms with Gasteiger partial charge in [-0.2, -0.15) is 0 Å². The SMILES string of the molecule is CC(Nc1c(Nc2cccc(C(=O)N(C)C)c2O)c(=O)n(C2CCCCC2)[nH]c1=O)c1ccco1. The fourth-order valence-electron chi connectivity index (χ4n) is 4.42. The Kier molecular flexibility index (Phi) is 6.99. The fourth-order valence-corrected chi connectivity index (χ4v) is 4.42. The number of anilines is 3. The Morgan fingerprint density at radius 1 is 1.14 bits per heavy atom. The Morgan fingerprint density at radius 2 is 1.89 bits per heavy atom. The number of aromatic amines is 1. The summed E-state index contributed by atoms with van der Waals surface area (Å²) < 4.78 is 6.82. The normalized spacial score (nSPS) is 14.9. The summed E-state index contributed by atoms with van der Waals surface area (Å²) in [4.78, 5) is 40.7. The topological polar surface area (TPSA) is 133 Å². The van der Waals surface area contributed by atoms with Crippen LogP contribution in [0.2, 0.25) is 0 Å². The standard InChI is InChI=1S/C25H31N5O5/c1-15(19-13-8-14-35-19)26-20-21(25(34)30(28-23(20)32)16-9-5-4-6-10-16)27-18-12-7-11-17(22(18)31)24(33)29(2)3/h7-8,11-16,26-27,31H,4-6,9-10H2,1-3H3,(H,28,32). The lowest BCUT2D eigenvalue weighted by molar-refractivity contribution is 0.0824. The number of aromatic hydroxyl groups is 1. The van der Waals surface area contributed by atoms with Gasteiger partial charge in [0.2, 0.25) is 0 Å². The van der Waals surface area contributed by atoms with Crippen molar-refractivity contribution in [3.63, 3.8) is 0 Å². The van der Waals surface area contributed by atoms with E-state index in [2.05, 4.69) is 15.7 Å². The lowest BCUT2D eigenvalue weighted by Gasteiger charge is -2.25. The van der Waals surface area contributed by atoms with Gasteiger partial charge in [-0.3, -0.25) is 19.5 Å². The zero-order chi connectivity index (χ0) is 25.1. The van der Waals surface area contributed by atoms with Crippen LogP contribution < -0.4 is 21.8 Å². The first kappa shape index (κ1) is 24.2. The number of amides is 1. The molecular formula is C25H31N5O5. The molecule has 1 amide bonds. The van der Waals surface area contributed by atoms with E-state index in [4.69, 9.17) is 4.42 Å². The highest BCUT2D eigenvalue weighted by molar-refractivity contribution is 5.98. The van der Waals surface area contributed by atoms with E-state index in [-0.39, 0.29) is 40.3 Å². The number of phenols is 1. The van der Waals surface area contributed by atoms with Gasteiger partial charge in [0.15, 0.2) is 5.75 Å². The van der Waals surface area contributed by atoms with Crippen LogP contribution in [-0.4, -0.2) is 39.8 Å². The second-order valence-electron chi connectivity index (χ2n) is 9.07. The molecule has 4 N–H and O–H groups in total. The number of carbonyl (C=O) groups excluding carboxylic acids is 1. The Balaban J connectivity index is 1.81. The molecule has 0 aliphatic heterocycles. The molecule has 35 heavy (non-hydrogen) atoms. The quantitative estimate of drug-likeness (QED) is 0.376. The van der Waals surface area contributed by atoms with E-state index in [1.165, 1.54) is 21.9 Å².